The second kappa shape index (κ2) is 7.23. The molecule has 2 radical (unpaired) electrons. The van der Waals surface area contributed by atoms with Gasteiger partial charge in [0, 0.05) is 6.00 Å². The Morgan fingerprint density at radius 3 is 2.50 bits per heavy atom. The van der Waals surface area contributed by atoms with E-state index in [1.54, 1.807) is 24.3 Å². The lowest BCUT2D eigenvalue weighted by Crippen LogP contribution is -2.47. The first-order valence-corrected chi connectivity index (χ1v) is 8.61. The Hall–Kier alpha value is -2.15. The molecule has 4 atom stereocenters. The topological polar surface area (TPSA) is 54.0 Å². The molecule has 2 aromatic rings. The van der Waals surface area contributed by atoms with Gasteiger partial charge in [-0.3, -0.25) is 0 Å². The standard InChI is InChI=1S/C20H19BO5/c21-18-16-17(23-11-14-7-3-1-4-8-14)20(26-18,12-24-16)13-25-19(22)15-9-5-2-6-10-15/h1-10,16-18H,11-13H2. The van der Waals surface area contributed by atoms with E-state index in [-0.39, 0.29) is 25.4 Å². The van der Waals surface area contributed by atoms with Gasteiger partial charge in [0.15, 0.2) is 5.60 Å². The van der Waals surface area contributed by atoms with Crippen LogP contribution in [-0.4, -0.2) is 50.8 Å². The Morgan fingerprint density at radius 1 is 1.12 bits per heavy atom. The van der Waals surface area contributed by atoms with E-state index in [1.165, 1.54) is 0 Å². The van der Waals surface area contributed by atoms with Crippen molar-refractivity contribution in [3.63, 3.8) is 0 Å². The molecule has 2 aliphatic rings. The van der Waals surface area contributed by atoms with E-state index in [0.29, 0.717) is 12.2 Å². The SMILES string of the molecule is [B]C1OC2(COC(=O)c3ccccc3)COC1C2OCc1ccccc1. The zero-order valence-corrected chi connectivity index (χ0v) is 14.2. The van der Waals surface area contributed by atoms with Crippen LogP contribution in [0, 0.1) is 0 Å². The van der Waals surface area contributed by atoms with E-state index < -0.39 is 17.6 Å². The number of carbonyl (C=O) groups excluding carboxylic acids is 1. The summed E-state index contributed by atoms with van der Waals surface area (Å²) in [7, 11) is 6.01. The minimum absolute atomic E-state index is 0.0321. The van der Waals surface area contributed by atoms with Crippen LogP contribution in [0.1, 0.15) is 15.9 Å². The van der Waals surface area contributed by atoms with Crippen LogP contribution in [0.5, 0.6) is 0 Å². The van der Waals surface area contributed by atoms with E-state index in [4.69, 9.17) is 26.8 Å². The molecule has 2 heterocycles. The molecule has 2 saturated heterocycles. The number of hydrogen-bond acceptors (Lipinski definition) is 5. The van der Waals surface area contributed by atoms with Crippen molar-refractivity contribution in [1.29, 1.82) is 0 Å². The highest BCUT2D eigenvalue weighted by Gasteiger charge is 2.61. The Morgan fingerprint density at radius 2 is 1.81 bits per heavy atom. The molecule has 5 nitrogen and oxygen atoms in total. The van der Waals surface area contributed by atoms with Gasteiger partial charge in [-0.25, -0.2) is 4.79 Å². The van der Waals surface area contributed by atoms with Gasteiger partial charge in [0.25, 0.3) is 0 Å². The molecule has 0 amide bonds. The van der Waals surface area contributed by atoms with E-state index in [9.17, 15) is 4.79 Å². The number of carbonyl (C=O) groups is 1. The largest absolute Gasteiger partial charge is 0.459 e. The van der Waals surface area contributed by atoms with Crippen molar-refractivity contribution in [3.05, 3.63) is 71.8 Å². The number of fused-ring (bicyclic) bond motifs is 2. The van der Waals surface area contributed by atoms with Crippen LogP contribution < -0.4 is 0 Å². The zero-order valence-electron chi connectivity index (χ0n) is 14.2. The average Bonchev–Trinajstić information content (AvgIpc) is 3.17. The third kappa shape index (κ3) is 3.28. The Bertz CT molecular complexity index is 753. The second-order valence-electron chi connectivity index (χ2n) is 6.58. The van der Waals surface area contributed by atoms with Crippen LogP contribution in [0.4, 0.5) is 0 Å². The van der Waals surface area contributed by atoms with Gasteiger partial charge in [-0.05, 0) is 17.7 Å². The van der Waals surface area contributed by atoms with Crippen LogP contribution in [0.25, 0.3) is 0 Å². The van der Waals surface area contributed by atoms with Gasteiger partial charge in [-0.1, -0.05) is 48.5 Å². The molecule has 2 fully saturated rings. The smallest absolute Gasteiger partial charge is 0.338 e. The normalized spacial score (nSPS) is 29.6. The summed E-state index contributed by atoms with van der Waals surface area (Å²) in [6, 6.07) is 18.1. The maximum Gasteiger partial charge on any atom is 0.338 e. The molecular weight excluding hydrogens is 331 g/mol. The maximum absolute atomic E-state index is 12.3. The molecule has 0 aliphatic carbocycles. The summed E-state index contributed by atoms with van der Waals surface area (Å²) < 4.78 is 23.2. The number of hydrogen-bond donors (Lipinski definition) is 0. The molecule has 0 aromatic heterocycles. The quantitative estimate of drug-likeness (QED) is 0.590. The third-order valence-electron chi connectivity index (χ3n) is 4.76. The van der Waals surface area contributed by atoms with Crippen molar-refractivity contribution in [1.82, 2.24) is 0 Å². The van der Waals surface area contributed by atoms with Crippen molar-refractivity contribution in [3.8, 4) is 0 Å². The summed E-state index contributed by atoms with van der Waals surface area (Å²) >= 11 is 0. The molecule has 0 spiro atoms. The fourth-order valence-corrected chi connectivity index (χ4v) is 3.42. The molecular formula is C20H19BO5. The Labute approximate surface area is 153 Å². The van der Waals surface area contributed by atoms with Gasteiger partial charge in [-0.15, -0.1) is 0 Å². The van der Waals surface area contributed by atoms with Crippen molar-refractivity contribution >= 4 is 13.8 Å². The number of benzene rings is 2. The average molecular weight is 350 g/mol. The molecule has 0 saturated carbocycles. The molecule has 26 heavy (non-hydrogen) atoms. The van der Waals surface area contributed by atoms with Gasteiger partial charge >= 0.3 is 5.97 Å². The molecule has 2 bridgehead atoms. The summed E-state index contributed by atoms with van der Waals surface area (Å²) in [6.45, 7) is 0.729. The number of rotatable bonds is 6. The fourth-order valence-electron chi connectivity index (χ4n) is 3.42. The zero-order chi connectivity index (χ0) is 18.0. The molecule has 132 valence electrons. The third-order valence-corrected chi connectivity index (χ3v) is 4.76. The fraction of sp³-hybridized carbons (Fsp3) is 0.350. The first kappa shape index (κ1) is 17.3. The highest BCUT2D eigenvalue weighted by Crippen LogP contribution is 2.41. The molecule has 4 unspecified atom stereocenters. The molecule has 4 rings (SSSR count). The molecule has 2 aromatic carbocycles. The van der Waals surface area contributed by atoms with Crippen molar-refractivity contribution < 1.29 is 23.7 Å². The summed E-state index contributed by atoms with van der Waals surface area (Å²) in [5.41, 5.74) is 0.663. The van der Waals surface area contributed by atoms with Crippen LogP contribution in [0.2, 0.25) is 0 Å². The van der Waals surface area contributed by atoms with E-state index >= 15 is 0 Å². The van der Waals surface area contributed by atoms with Gasteiger partial charge in [-0.2, -0.15) is 0 Å². The highest BCUT2D eigenvalue weighted by atomic mass is 16.7. The van der Waals surface area contributed by atoms with Gasteiger partial charge in [0.1, 0.15) is 26.7 Å². The van der Waals surface area contributed by atoms with E-state index in [0.717, 1.165) is 5.56 Å². The number of ether oxygens (including phenoxy) is 4. The van der Waals surface area contributed by atoms with Gasteiger partial charge in [0.2, 0.25) is 0 Å². The van der Waals surface area contributed by atoms with E-state index in [2.05, 4.69) is 0 Å². The van der Waals surface area contributed by atoms with Crippen LogP contribution in [-0.2, 0) is 25.6 Å². The maximum atomic E-state index is 12.3. The van der Waals surface area contributed by atoms with Crippen LogP contribution in [0.15, 0.2) is 60.7 Å². The monoisotopic (exact) mass is 350 g/mol. The number of esters is 1. The van der Waals surface area contributed by atoms with Crippen molar-refractivity contribution in [2.24, 2.45) is 0 Å². The second-order valence-corrected chi connectivity index (χ2v) is 6.58. The predicted molar refractivity (Wildman–Crippen MR) is 94.8 cm³/mol. The highest BCUT2D eigenvalue weighted by molar-refractivity contribution is 6.11. The lowest BCUT2D eigenvalue weighted by atomic mass is 9.92. The minimum atomic E-state index is -0.872. The predicted octanol–water partition coefficient (Wildman–Crippen LogP) is 2.09. The van der Waals surface area contributed by atoms with Crippen molar-refractivity contribution in [2.75, 3.05) is 13.2 Å². The van der Waals surface area contributed by atoms with Gasteiger partial charge < -0.3 is 18.9 Å². The lowest BCUT2D eigenvalue weighted by molar-refractivity contribution is -0.143. The van der Waals surface area contributed by atoms with Crippen LogP contribution in [0.3, 0.4) is 0 Å². The lowest BCUT2D eigenvalue weighted by Gasteiger charge is -2.30. The van der Waals surface area contributed by atoms with E-state index in [1.807, 2.05) is 36.4 Å². The molecule has 0 N–H and O–H groups in total. The van der Waals surface area contributed by atoms with Gasteiger partial charge in [0.05, 0.1) is 18.8 Å². The van der Waals surface area contributed by atoms with Crippen molar-refractivity contribution in [2.45, 2.75) is 30.4 Å². The summed E-state index contributed by atoms with van der Waals surface area (Å²) in [4.78, 5) is 12.3. The molecule has 6 heteroatoms. The first-order chi connectivity index (χ1) is 12.7. The first-order valence-electron chi connectivity index (χ1n) is 8.61. The minimum Gasteiger partial charge on any atom is -0.459 e. The molecule has 2 aliphatic heterocycles. The Balaban J connectivity index is 1.43. The van der Waals surface area contributed by atoms with Crippen LogP contribution >= 0.6 is 0 Å². The Kier molecular flexibility index (Phi) is 4.81. The summed E-state index contributed by atoms with van der Waals surface area (Å²) in [5, 5.41) is 0. The summed E-state index contributed by atoms with van der Waals surface area (Å²) in [5.74, 6) is -0.408. The summed E-state index contributed by atoms with van der Waals surface area (Å²) in [6.07, 6.45) is -0.754.